The van der Waals surface area contributed by atoms with Crippen molar-refractivity contribution in [2.45, 2.75) is 373 Å². The number of esters is 1. The van der Waals surface area contributed by atoms with Gasteiger partial charge in [0.05, 0.1) is 25.4 Å². The Kier molecular flexibility index (Phi) is 60.5. The number of ether oxygens (including phenoxy) is 1. The average Bonchev–Trinajstić information content (AvgIpc) is 3.38. The Labute approximate surface area is 450 Å². The van der Waals surface area contributed by atoms with Gasteiger partial charge in [0.1, 0.15) is 0 Å². The van der Waals surface area contributed by atoms with E-state index < -0.39 is 12.1 Å². The van der Waals surface area contributed by atoms with Crippen LogP contribution in [0.1, 0.15) is 361 Å². The lowest BCUT2D eigenvalue weighted by Gasteiger charge is -2.22. The van der Waals surface area contributed by atoms with E-state index in [2.05, 4.69) is 43.5 Å². The van der Waals surface area contributed by atoms with Gasteiger partial charge < -0.3 is 20.3 Å². The Hall–Kier alpha value is -1.66. The summed E-state index contributed by atoms with van der Waals surface area (Å²) in [5.74, 6) is -0.0537. The van der Waals surface area contributed by atoms with Gasteiger partial charge in [-0.1, -0.05) is 295 Å². The fraction of sp³-hybridized carbons (Fsp3) is 0.909. The summed E-state index contributed by atoms with van der Waals surface area (Å²) in [5, 5.41) is 23.4. The highest BCUT2D eigenvalue weighted by Crippen LogP contribution is 2.18. The van der Waals surface area contributed by atoms with Crippen molar-refractivity contribution in [2.75, 3.05) is 13.2 Å². The minimum atomic E-state index is -0.676. The fourth-order valence-electron chi connectivity index (χ4n) is 10.2. The second kappa shape index (κ2) is 61.9. The highest BCUT2D eigenvalue weighted by atomic mass is 16.5. The van der Waals surface area contributed by atoms with Crippen LogP contribution < -0.4 is 5.32 Å². The van der Waals surface area contributed by atoms with Crippen molar-refractivity contribution < 1.29 is 24.5 Å². The Morgan fingerprint density at radius 2 is 0.653 bits per heavy atom. The number of carbonyl (C=O) groups excluding carboxylic acids is 2. The van der Waals surface area contributed by atoms with Crippen molar-refractivity contribution in [1.82, 2.24) is 5.32 Å². The van der Waals surface area contributed by atoms with E-state index in [4.69, 9.17) is 4.74 Å². The molecule has 6 nitrogen and oxygen atoms in total. The predicted molar refractivity (Wildman–Crippen MR) is 315 cm³/mol. The first-order valence-corrected chi connectivity index (χ1v) is 32.6. The van der Waals surface area contributed by atoms with Gasteiger partial charge in [0.15, 0.2) is 0 Å². The van der Waals surface area contributed by atoms with Crippen molar-refractivity contribution in [1.29, 1.82) is 0 Å². The van der Waals surface area contributed by atoms with Crippen LogP contribution in [0.5, 0.6) is 0 Å². The van der Waals surface area contributed by atoms with Gasteiger partial charge in [-0.25, -0.2) is 0 Å². The van der Waals surface area contributed by atoms with Gasteiger partial charge in [-0.05, 0) is 77.0 Å². The van der Waals surface area contributed by atoms with Gasteiger partial charge in [-0.15, -0.1) is 0 Å². The summed E-state index contributed by atoms with van der Waals surface area (Å²) in [6.45, 7) is 4.95. The zero-order chi connectivity index (χ0) is 52.2. The maximum absolute atomic E-state index is 12.5. The van der Waals surface area contributed by atoms with Crippen LogP contribution in [-0.2, 0) is 14.3 Å². The molecule has 0 fully saturated rings. The van der Waals surface area contributed by atoms with E-state index in [1.165, 1.54) is 263 Å². The van der Waals surface area contributed by atoms with Gasteiger partial charge in [0.25, 0.3) is 0 Å². The molecule has 0 heterocycles. The summed E-state index contributed by atoms with van der Waals surface area (Å²) in [5.41, 5.74) is 0. The Bertz CT molecular complexity index is 1120. The van der Waals surface area contributed by atoms with Crippen LogP contribution in [0.15, 0.2) is 24.3 Å². The number of aliphatic hydroxyl groups is 2. The van der Waals surface area contributed by atoms with Crippen LogP contribution in [0, 0.1) is 0 Å². The molecule has 1 amide bonds. The maximum atomic E-state index is 12.5. The monoisotopic (exact) mass is 1010 g/mol. The molecule has 3 N–H and O–H groups in total. The van der Waals surface area contributed by atoms with Crippen LogP contribution >= 0.6 is 0 Å². The molecular weight excluding hydrogens is 887 g/mol. The first kappa shape index (κ1) is 70.3. The third kappa shape index (κ3) is 57.6. The molecular formula is C66H127NO5. The Morgan fingerprint density at radius 1 is 0.375 bits per heavy atom. The van der Waals surface area contributed by atoms with Crippen LogP contribution in [-0.4, -0.2) is 47.4 Å². The van der Waals surface area contributed by atoms with Crippen LogP contribution in [0.25, 0.3) is 0 Å². The molecule has 6 heteroatoms. The number of allylic oxidation sites excluding steroid dienone is 4. The maximum Gasteiger partial charge on any atom is 0.305 e. The largest absolute Gasteiger partial charge is 0.466 e. The van der Waals surface area contributed by atoms with E-state index in [1.54, 1.807) is 0 Å². The average molecular weight is 1010 g/mol. The van der Waals surface area contributed by atoms with Crippen LogP contribution in [0.4, 0.5) is 0 Å². The standard InChI is InChI=1S/C66H127NO5/c1-3-5-7-9-11-13-15-17-19-21-22-23-24-25-27-30-34-38-42-46-50-54-58-64(69)63(62-68)67-65(70)59-55-51-47-43-39-35-31-28-29-33-37-41-45-49-53-57-61-72-66(71)60-56-52-48-44-40-36-32-26-20-18-16-14-12-10-8-6-4-2/h18,20,28,31,63-64,68-69H,3-17,19,21-27,29-30,32-62H2,1-2H3,(H,67,70)/b20-18-,31-28-. The quantitative estimate of drug-likeness (QED) is 0.0320. The number of aliphatic hydroxyl groups excluding tert-OH is 2. The van der Waals surface area contributed by atoms with Crippen molar-refractivity contribution >= 4 is 11.9 Å². The lowest BCUT2D eigenvalue weighted by Crippen LogP contribution is -2.45. The molecule has 426 valence electrons. The third-order valence-electron chi connectivity index (χ3n) is 15.2. The highest BCUT2D eigenvalue weighted by molar-refractivity contribution is 5.76. The summed E-state index contributed by atoms with van der Waals surface area (Å²) >= 11 is 0. The van der Waals surface area contributed by atoms with Crippen LogP contribution in [0.3, 0.4) is 0 Å². The second-order valence-electron chi connectivity index (χ2n) is 22.4. The second-order valence-corrected chi connectivity index (χ2v) is 22.4. The Morgan fingerprint density at radius 3 is 0.986 bits per heavy atom. The summed E-state index contributed by atoms with van der Waals surface area (Å²) in [6, 6.07) is -0.555. The van der Waals surface area contributed by atoms with E-state index in [0.29, 0.717) is 25.9 Å². The number of carbonyl (C=O) groups is 2. The molecule has 2 atom stereocenters. The molecule has 0 aromatic heterocycles. The first-order valence-electron chi connectivity index (χ1n) is 32.6. The lowest BCUT2D eigenvalue weighted by molar-refractivity contribution is -0.143. The van der Waals surface area contributed by atoms with Crippen molar-refractivity contribution in [3.63, 3.8) is 0 Å². The normalized spacial score (nSPS) is 12.7. The van der Waals surface area contributed by atoms with Crippen LogP contribution in [0.2, 0.25) is 0 Å². The molecule has 72 heavy (non-hydrogen) atoms. The number of nitrogens with one attached hydrogen (secondary N) is 1. The molecule has 0 aliphatic carbocycles. The van der Waals surface area contributed by atoms with Crippen molar-refractivity contribution in [2.24, 2.45) is 0 Å². The smallest absolute Gasteiger partial charge is 0.305 e. The molecule has 2 unspecified atom stereocenters. The number of hydrogen-bond donors (Lipinski definition) is 3. The molecule has 0 saturated heterocycles. The number of amides is 1. The minimum absolute atomic E-state index is 0.00519. The van der Waals surface area contributed by atoms with E-state index in [1.807, 2.05) is 0 Å². The molecule has 0 aliphatic heterocycles. The van der Waals surface area contributed by atoms with Gasteiger partial charge >= 0.3 is 5.97 Å². The molecule has 0 aromatic rings. The molecule has 0 saturated carbocycles. The SMILES string of the molecule is CCCCCCCC/C=C\CCCCCCCCCC(=O)OCCCCCCCCC/C=C\CCCCCCCC(=O)NC(CO)C(O)CCCCCCCCCCCCCCCCCCCCCCCC. The predicted octanol–water partition coefficient (Wildman–Crippen LogP) is 20.6. The molecule has 0 spiro atoms. The van der Waals surface area contributed by atoms with Gasteiger partial charge in [-0.2, -0.15) is 0 Å². The van der Waals surface area contributed by atoms with E-state index >= 15 is 0 Å². The molecule has 0 aromatic carbocycles. The van der Waals surface area contributed by atoms with Crippen molar-refractivity contribution in [3.05, 3.63) is 24.3 Å². The van der Waals surface area contributed by atoms with Gasteiger partial charge in [0, 0.05) is 12.8 Å². The summed E-state index contributed by atoms with van der Waals surface area (Å²) in [7, 11) is 0. The fourth-order valence-corrected chi connectivity index (χ4v) is 10.2. The third-order valence-corrected chi connectivity index (χ3v) is 15.2. The molecule has 0 bridgehead atoms. The van der Waals surface area contributed by atoms with E-state index in [0.717, 1.165) is 64.2 Å². The summed E-state index contributed by atoms with van der Waals surface area (Å²) in [4.78, 5) is 24.6. The molecule has 0 rings (SSSR count). The van der Waals surface area contributed by atoms with E-state index in [-0.39, 0.29) is 18.5 Å². The highest BCUT2D eigenvalue weighted by Gasteiger charge is 2.20. The van der Waals surface area contributed by atoms with E-state index in [9.17, 15) is 19.8 Å². The van der Waals surface area contributed by atoms with Crippen molar-refractivity contribution in [3.8, 4) is 0 Å². The minimum Gasteiger partial charge on any atom is -0.466 e. The zero-order valence-corrected chi connectivity index (χ0v) is 48.7. The first-order chi connectivity index (χ1) is 35.5. The number of rotatable bonds is 61. The van der Waals surface area contributed by atoms with Gasteiger partial charge in [0.2, 0.25) is 5.91 Å². The van der Waals surface area contributed by atoms with Gasteiger partial charge in [-0.3, -0.25) is 9.59 Å². The topological polar surface area (TPSA) is 95.9 Å². The summed E-state index contributed by atoms with van der Waals surface area (Å²) < 4.78 is 5.48. The Balaban J connectivity index is 3.45. The molecule has 0 radical (unpaired) electrons. The number of unbranched alkanes of at least 4 members (excludes halogenated alkanes) is 46. The summed E-state index contributed by atoms with van der Waals surface area (Å²) in [6.07, 6.45) is 76.2. The zero-order valence-electron chi connectivity index (χ0n) is 48.7. The molecule has 0 aliphatic rings. The lowest BCUT2D eigenvalue weighted by atomic mass is 10.0. The number of hydrogen-bond acceptors (Lipinski definition) is 5.